The molecule has 1 N–H and O–H groups in total. The Kier molecular flexibility index (Phi) is 4.52. The summed E-state index contributed by atoms with van der Waals surface area (Å²) in [6, 6.07) is 14.5. The Labute approximate surface area is 154 Å². The number of hydrogen-bond acceptors (Lipinski definition) is 5. The predicted octanol–water partition coefficient (Wildman–Crippen LogP) is 1.67. The molecule has 0 atom stereocenters. The van der Waals surface area contributed by atoms with Crippen LogP contribution in [0.15, 0.2) is 70.1 Å². The number of para-hydroxylation sites is 2. The molecule has 0 fully saturated rings. The Bertz CT molecular complexity index is 1130. The van der Waals surface area contributed by atoms with Crippen LogP contribution >= 0.6 is 0 Å². The highest BCUT2D eigenvalue weighted by Crippen LogP contribution is 2.13. The van der Waals surface area contributed by atoms with E-state index < -0.39 is 5.76 Å². The Hall–Kier alpha value is -3.68. The van der Waals surface area contributed by atoms with Gasteiger partial charge in [0.1, 0.15) is 12.2 Å². The lowest BCUT2D eigenvalue weighted by Crippen LogP contribution is -2.32. The van der Waals surface area contributed by atoms with Gasteiger partial charge in [-0.1, -0.05) is 18.2 Å². The highest BCUT2D eigenvalue weighted by atomic mass is 16.4. The molecule has 0 spiro atoms. The van der Waals surface area contributed by atoms with E-state index in [1.807, 2.05) is 30.5 Å². The molecular weight excluding hydrogens is 346 g/mol. The Morgan fingerprint density at radius 2 is 1.93 bits per heavy atom. The third kappa shape index (κ3) is 3.64. The maximum atomic E-state index is 12.2. The zero-order valence-electron chi connectivity index (χ0n) is 14.4. The molecule has 0 saturated carbocycles. The molecule has 0 saturated heterocycles. The number of amides is 1. The van der Waals surface area contributed by atoms with Crippen molar-refractivity contribution in [1.29, 1.82) is 0 Å². The fourth-order valence-corrected chi connectivity index (χ4v) is 2.81. The largest absolute Gasteiger partial charge is 0.420 e. The third-order valence-electron chi connectivity index (χ3n) is 4.11. The normalized spacial score (nSPS) is 11.0. The van der Waals surface area contributed by atoms with E-state index in [1.54, 1.807) is 35.1 Å². The summed E-state index contributed by atoms with van der Waals surface area (Å²) in [6.07, 6.45) is 3.56. The minimum atomic E-state index is -0.543. The number of oxazole rings is 1. The van der Waals surface area contributed by atoms with Crippen LogP contribution in [0.3, 0.4) is 0 Å². The third-order valence-corrected chi connectivity index (χ3v) is 4.11. The van der Waals surface area contributed by atoms with Crippen molar-refractivity contribution in [2.45, 2.75) is 13.1 Å². The van der Waals surface area contributed by atoms with Gasteiger partial charge >= 0.3 is 5.76 Å². The minimum Gasteiger partial charge on any atom is -0.408 e. The number of fused-ring (bicyclic) bond motifs is 1. The van der Waals surface area contributed by atoms with Gasteiger partial charge in [-0.3, -0.25) is 19.0 Å². The van der Waals surface area contributed by atoms with E-state index in [9.17, 15) is 9.59 Å². The molecule has 0 aliphatic heterocycles. The summed E-state index contributed by atoms with van der Waals surface area (Å²) in [5.41, 5.74) is 2.64. The summed E-state index contributed by atoms with van der Waals surface area (Å²) in [6.45, 7) is 0.820. The van der Waals surface area contributed by atoms with Crippen molar-refractivity contribution >= 4 is 17.0 Å². The van der Waals surface area contributed by atoms with Gasteiger partial charge in [-0.05, 0) is 30.3 Å². The Morgan fingerprint density at radius 3 is 2.78 bits per heavy atom. The maximum absolute atomic E-state index is 12.2. The average molecular weight is 363 g/mol. The summed E-state index contributed by atoms with van der Waals surface area (Å²) in [5.74, 6) is -0.806. The van der Waals surface area contributed by atoms with Crippen molar-refractivity contribution in [2.75, 3.05) is 6.54 Å². The van der Waals surface area contributed by atoms with Crippen LogP contribution in [0.4, 0.5) is 0 Å². The van der Waals surface area contributed by atoms with E-state index in [0.29, 0.717) is 24.2 Å². The molecule has 0 aliphatic carbocycles. The Morgan fingerprint density at radius 1 is 1.07 bits per heavy atom. The highest BCUT2D eigenvalue weighted by molar-refractivity contribution is 5.79. The number of hydrogen-bond donors (Lipinski definition) is 1. The number of nitrogens with zero attached hydrogens (tertiary/aromatic N) is 4. The lowest BCUT2D eigenvalue weighted by molar-refractivity contribution is -0.121. The maximum Gasteiger partial charge on any atom is 0.420 e. The molecule has 8 nitrogen and oxygen atoms in total. The number of benzene rings is 1. The van der Waals surface area contributed by atoms with E-state index in [1.165, 1.54) is 4.57 Å². The zero-order chi connectivity index (χ0) is 18.6. The molecule has 3 aromatic heterocycles. The standard InChI is InChI=1S/C19H17N5O3/c25-18(13-24-16-6-1-2-7-17(16)27-19(24)26)21-10-12-23-11-8-15(22-23)14-5-3-4-9-20-14/h1-9,11H,10,12-13H2,(H,21,25). The van der Waals surface area contributed by atoms with Crippen LogP contribution in [0.5, 0.6) is 0 Å². The van der Waals surface area contributed by atoms with Crippen LogP contribution < -0.4 is 11.1 Å². The monoisotopic (exact) mass is 363 g/mol. The average Bonchev–Trinajstić information content (AvgIpc) is 3.28. The molecule has 0 radical (unpaired) electrons. The summed E-state index contributed by atoms with van der Waals surface area (Å²) >= 11 is 0. The topological polar surface area (TPSA) is 94.9 Å². The van der Waals surface area contributed by atoms with Crippen molar-refractivity contribution in [3.63, 3.8) is 0 Å². The number of pyridine rings is 1. The van der Waals surface area contributed by atoms with Gasteiger partial charge in [-0.2, -0.15) is 5.10 Å². The second-order valence-corrected chi connectivity index (χ2v) is 5.95. The smallest absolute Gasteiger partial charge is 0.408 e. The first-order valence-electron chi connectivity index (χ1n) is 8.50. The first kappa shape index (κ1) is 16.8. The van der Waals surface area contributed by atoms with Crippen LogP contribution in [0.1, 0.15) is 0 Å². The summed E-state index contributed by atoms with van der Waals surface area (Å²) in [5, 5.41) is 7.23. The SMILES string of the molecule is O=C(Cn1c(=O)oc2ccccc21)NCCn1ccc(-c2ccccn2)n1. The van der Waals surface area contributed by atoms with Gasteiger partial charge in [0.25, 0.3) is 0 Å². The quantitative estimate of drug-likeness (QED) is 0.562. The van der Waals surface area contributed by atoms with Crippen LogP contribution in [-0.4, -0.2) is 31.8 Å². The summed E-state index contributed by atoms with van der Waals surface area (Å²) < 4.78 is 8.18. The number of aromatic nitrogens is 4. The molecule has 1 amide bonds. The van der Waals surface area contributed by atoms with Gasteiger partial charge < -0.3 is 9.73 Å². The van der Waals surface area contributed by atoms with Crippen molar-refractivity contribution in [2.24, 2.45) is 0 Å². The van der Waals surface area contributed by atoms with Crippen LogP contribution in [0, 0.1) is 0 Å². The van der Waals surface area contributed by atoms with Gasteiger partial charge in [-0.25, -0.2) is 4.79 Å². The number of carbonyl (C=O) groups is 1. The molecule has 8 heteroatoms. The minimum absolute atomic E-state index is 0.0891. The molecule has 0 aliphatic rings. The first-order chi connectivity index (χ1) is 13.2. The van der Waals surface area contributed by atoms with E-state index in [0.717, 1.165) is 11.4 Å². The lowest BCUT2D eigenvalue weighted by atomic mass is 10.3. The van der Waals surface area contributed by atoms with Crippen molar-refractivity contribution in [3.8, 4) is 11.4 Å². The number of carbonyl (C=O) groups excluding carboxylic acids is 1. The lowest BCUT2D eigenvalue weighted by Gasteiger charge is -2.06. The molecule has 4 aromatic rings. The molecular formula is C19H17N5O3. The van der Waals surface area contributed by atoms with Crippen LogP contribution in [-0.2, 0) is 17.9 Å². The van der Waals surface area contributed by atoms with E-state index in [4.69, 9.17) is 4.42 Å². The van der Waals surface area contributed by atoms with Crippen molar-refractivity contribution < 1.29 is 9.21 Å². The van der Waals surface area contributed by atoms with Gasteiger partial charge in [0, 0.05) is 18.9 Å². The summed E-state index contributed by atoms with van der Waals surface area (Å²) in [4.78, 5) is 28.3. The summed E-state index contributed by atoms with van der Waals surface area (Å²) in [7, 11) is 0. The Balaban J connectivity index is 1.34. The first-order valence-corrected chi connectivity index (χ1v) is 8.50. The van der Waals surface area contributed by atoms with Gasteiger partial charge in [0.15, 0.2) is 5.58 Å². The second-order valence-electron chi connectivity index (χ2n) is 5.95. The molecule has 0 bridgehead atoms. The predicted molar refractivity (Wildman–Crippen MR) is 98.9 cm³/mol. The molecule has 0 unspecified atom stereocenters. The highest BCUT2D eigenvalue weighted by Gasteiger charge is 2.12. The van der Waals surface area contributed by atoms with Crippen LogP contribution in [0.2, 0.25) is 0 Å². The van der Waals surface area contributed by atoms with Crippen molar-refractivity contribution in [1.82, 2.24) is 24.6 Å². The van der Waals surface area contributed by atoms with Gasteiger partial charge in [-0.15, -0.1) is 0 Å². The zero-order valence-corrected chi connectivity index (χ0v) is 14.4. The molecule has 27 heavy (non-hydrogen) atoms. The molecule has 3 heterocycles. The van der Waals surface area contributed by atoms with E-state index in [-0.39, 0.29) is 12.5 Å². The van der Waals surface area contributed by atoms with Crippen molar-refractivity contribution in [3.05, 3.63) is 71.5 Å². The molecule has 136 valence electrons. The number of nitrogens with one attached hydrogen (secondary N) is 1. The van der Waals surface area contributed by atoms with E-state index >= 15 is 0 Å². The second kappa shape index (κ2) is 7.28. The van der Waals surface area contributed by atoms with E-state index in [2.05, 4.69) is 15.4 Å². The number of rotatable bonds is 6. The van der Waals surface area contributed by atoms with Gasteiger partial charge in [0.05, 0.1) is 17.8 Å². The van der Waals surface area contributed by atoms with Gasteiger partial charge in [0.2, 0.25) is 5.91 Å². The molecule has 1 aromatic carbocycles. The van der Waals surface area contributed by atoms with Crippen LogP contribution in [0.25, 0.3) is 22.5 Å². The molecule has 4 rings (SSSR count). The fraction of sp³-hybridized carbons (Fsp3) is 0.158. The fourth-order valence-electron chi connectivity index (χ4n) is 2.81.